The van der Waals surface area contributed by atoms with Gasteiger partial charge >= 0.3 is 11.9 Å². The monoisotopic (exact) mass is 758 g/mol. The van der Waals surface area contributed by atoms with Crippen LogP contribution in [0, 0.1) is 25.7 Å². The third-order valence-electron chi connectivity index (χ3n) is 12.2. The minimum absolute atomic E-state index is 0.110. The van der Waals surface area contributed by atoms with Gasteiger partial charge in [0.2, 0.25) is 0 Å². The van der Waals surface area contributed by atoms with Gasteiger partial charge in [0.1, 0.15) is 0 Å². The summed E-state index contributed by atoms with van der Waals surface area (Å²) in [6.45, 7) is 23.3. The molecule has 2 aromatic heterocycles. The number of carbonyl (C=O) groups excluding carboxylic acids is 2. The summed E-state index contributed by atoms with van der Waals surface area (Å²) < 4.78 is 25.2. The molecule has 302 valence electrons. The van der Waals surface area contributed by atoms with Gasteiger partial charge in [-0.3, -0.25) is 0 Å². The summed E-state index contributed by atoms with van der Waals surface area (Å²) in [5, 5.41) is 5.40. The van der Waals surface area contributed by atoms with Crippen LogP contribution in [0.15, 0.2) is 48.5 Å². The van der Waals surface area contributed by atoms with Crippen LogP contribution in [0.5, 0.6) is 0 Å². The Morgan fingerprint density at radius 3 is 1.56 bits per heavy atom. The minimum atomic E-state index is -0.253. The lowest BCUT2D eigenvalue weighted by Gasteiger charge is -2.39. The molecule has 2 atom stereocenters. The van der Waals surface area contributed by atoms with Crippen molar-refractivity contribution in [3.05, 3.63) is 71.0 Å². The van der Waals surface area contributed by atoms with Gasteiger partial charge < -0.3 is 38.3 Å². The van der Waals surface area contributed by atoms with E-state index < -0.39 is 0 Å². The van der Waals surface area contributed by atoms with Crippen molar-refractivity contribution in [2.75, 3.05) is 60.7 Å². The normalized spacial score (nSPS) is 18.8. The van der Waals surface area contributed by atoms with Crippen molar-refractivity contribution >= 4 is 33.7 Å². The molecule has 1 N–H and O–H groups in total. The number of nitrogens with zero attached hydrogens (tertiary/aromatic N) is 3. The van der Waals surface area contributed by atoms with E-state index in [0.29, 0.717) is 35.0 Å². The highest BCUT2D eigenvalue weighted by atomic mass is 16.6. The van der Waals surface area contributed by atoms with E-state index >= 15 is 0 Å². The Labute approximate surface area is 328 Å². The number of aromatic nitrogens is 2. The molecule has 3 saturated heterocycles. The predicted molar refractivity (Wildman–Crippen MR) is 221 cm³/mol. The van der Waals surface area contributed by atoms with E-state index in [9.17, 15) is 9.59 Å². The number of ether oxygens (including phenoxy) is 4. The number of hydrogen-bond donors (Lipinski definition) is 1. The Balaban J connectivity index is 0.000000191. The van der Waals surface area contributed by atoms with E-state index in [-0.39, 0.29) is 23.1 Å². The van der Waals surface area contributed by atoms with Crippen molar-refractivity contribution < 1.29 is 28.5 Å². The molecule has 5 heterocycles. The zero-order chi connectivity index (χ0) is 40.1. The Kier molecular flexibility index (Phi) is 13.9. The third kappa shape index (κ3) is 9.82. The van der Waals surface area contributed by atoms with Crippen LogP contribution in [0.2, 0.25) is 0 Å². The molecular weight excluding hydrogens is 693 g/mol. The molecule has 4 aromatic rings. The molecule has 0 aliphatic carbocycles. The molecule has 0 bridgehead atoms. The molecule has 0 saturated carbocycles. The number of fused-ring (bicyclic) bond motifs is 2. The van der Waals surface area contributed by atoms with Crippen LogP contribution in [0.3, 0.4) is 0 Å². The number of rotatable bonds is 9. The second kappa shape index (κ2) is 18.0. The average Bonchev–Trinajstić information content (AvgIpc) is 3.69. The van der Waals surface area contributed by atoms with E-state index in [1.54, 1.807) is 7.11 Å². The first-order valence-corrected chi connectivity index (χ1v) is 20.1. The fraction of sp³-hybridized carbons (Fsp3) is 0.600. The number of epoxide rings is 1. The summed E-state index contributed by atoms with van der Waals surface area (Å²) in [7, 11) is 4.69. The molecule has 0 amide bonds. The lowest BCUT2D eigenvalue weighted by atomic mass is 9.89. The highest BCUT2D eigenvalue weighted by molar-refractivity contribution is 6.06. The van der Waals surface area contributed by atoms with E-state index in [2.05, 4.69) is 73.0 Å². The number of methoxy groups -OCH3 is 3. The first-order valence-electron chi connectivity index (χ1n) is 20.1. The van der Waals surface area contributed by atoms with Crippen molar-refractivity contribution in [2.45, 2.75) is 104 Å². The van der Waals surface area contributed by atoms with E-state index in [0.717, 1.165) is 85.4 Å². The zero-order valence-electron chi connectivity index (χ0n) is 35.3. The number of nitrogens with one attached hydrogen (secondary N) is 1. The van der Waals surface area contributed by atoms with Crippen molar-refractivity contribution in [1.29, 1.82) is 0 Å². The van der Waals surface area contributed by atoms with Crippen molar-refractivity contribution in [1.82, 2.24) is 19.4 Å². The molecule has 3 fully saturated rings. The smallest absolute Gasteiger partial charge is 0.340 e. The molecule has 0 radical (unpaired) electrons. The molecule has 55 heavy (non-hydrogen) atoms. The Morgan fingerprint density at radius 1 is 0.782 bits per heavy atom. The van der Waals surface area contributed by atoms with Crippen LogP contribution >= 0.6 is 0 Å². The van der Waals surface area contributed by atoms with Crippen LogP contribution in [0.1, 0.15) is 111 Å². The fourth-order valence-corrected chi connectivity index (χ4v) is 8.64. The number of para-hydroxylation sites is 2. The second-order valence-electron chi connectivity index (χ2n) is 16.9. The van der Waals surface area contributed by atoms with Gasteiger partial charge in [0.15, 0.2) is 0 Å². The maximum atomic E-state index is 12.4. The van der Waals surface area contributed by atoms with Crippen molar-refractivity contribution in [2.24, 2.45) is 11.8 Å². The quantitative estimate of drug-likeness (QED) is 0.134. The summed E-state index contributed by atoms with van der Waals surface area (Å²) in [5.74, 6) is 0.726. The number of likely N-dealkylation sites (tertiary alicyclic amines) is 1. The predicted octanol–water partition coefficient (Wildman–Crippen LogP) is 8.53. The van der Waals surface area contributed by atoms with Crippen LogP contribution < -0.4 is 5.32 Å². The highest BCUT2D eigenvalue weighted by Crippen LogP contribution is 2.37. The van der Waals surface area contributed by atoms with Gasteiger partial charge in [0, 0.05) is 58.9 Å². The van der Waals surface area contributed by atoms with Gasteiger partial charge in [0.25, 0.3) is 0 Å². The fourth-order valence-electron chi connectivity index (χ4n) is 8.64. The molecule has 0 unspecified atom stereocenters. The molecule has 10 nitrogen and oxygen atoms in total. The first kappa shape index (κ1) is 42.4. The van der Waals surface area contributed by atoms with Crippen molar-refractivity contribution in [3.8, 4) is 0 Å². The van der Waals surface area contributed by atoms with E-state index in [1.165, 1.54) is 27.1 Å². The average molecular weight is 759 g/mol. The minimum Gasteiger partial charge on any atom is -0.465 e. The lowest BCUT2D eigenvalue weighted by molar-refractivity contribution is -0.0162. The number of esters is 2. The van der Waals surface area contributed by atoms with Crippen LogP contribution in [0.4, 0.5) is 0 Å². The molecule has 2 aromatic carbocycles. The van der Waals surface area contributed by atoms with Gasteiger partial charge in [-0.1, -0.05) is 36.4 Å². The Hall–Kier alpha value is -3.70. The molecule has 10 heteroatoms. The SMILES string of the molecule is CC1(C)CO1.COC(=O)c1c(C)n([C@H](C)C2CCN(CC(C)(C)OC)CC2)c2ccccc12.COC(=O)c1c(C)n([C@H](C)C2CCNCC2)c2ccccc12. The van der Waals surface area contributed by atoms with E-state index in [4.69, 9.17) is 18.9 Å². The van der Waals surface area contributed by atoms with Crippen LogP contribution in [-0.4, -0.2) is 97.8 Å². The summed E-state index contributed by atoms with van der Waals surface area (Å²) in [6, 6.07) is 17.0. The number of hydrogen-bond acceptors (Lipinski definition) is 8. The molecule has 0 spiro atoms. The largest absolute Gasteiger partial charge is 0.465 e. The lowest BCUT2D eigenvalue weighted by Crippen LogP contribution is -2.44. The van der Waals surface area contributed by atoms with Gasteiger partial charge in [-0.25, -0.2) is 9.59 Å². The second-order valence-corrected chi connectivity index (χ2v) is 16.9. The number of benzene rings is 2. The number of piperidine rings is 2. The number of carbonyl (C=O) groups is 2. The van der Waals surface area contributed by atoms with Crippen molar-refractivity contribution in [3.63, 3.8) is 0 Å². The van der Waals surface area contributed by atoms with Crippen LogP contribution in [0.25, 0.3) is 21.8 Å². The Bertz CT molecular complexity index is 1900. The molecule has 3 aliphatic rings. The molecule has 7 rings (SSSR count). The zero-order valence-corrected chi connectivity index (χ0v) is 35.3. The first-order chi connectivity index (χ1) is 26.1. The summed E-state index contributed by atoms with van der Waals surface area (Å²) in [5.41, 5.74) is 5.81. The maximum absolute atomic E-state index is 12.4. The molecular formula is C45H66N4O6. The summed E-state index contributed by atoms with van der Waals surface area (Å²) in [4.78, 5) is 27.1. The van der Waals surface area contributed by atoms with Crippen LogP contribution in [-0.2, 0) is 18.9 Å². The standard InChI is InChI=1S/C23H34N2O3.C18H24N2O2.C4H8O/c1-16(18-11-13-24(14-12-18)15-23(3,4)28-6)25-17(2)21(22(26)27-5)19-9-7-8-10-20(19)25;1-12(14-8-10-19-11-9-14)20-13(2)17(18(21)22-3)15-6-4-5-7-16(15)20;1-4(2)3-5-4/h7-10,16,18H,11-15H2,1-6H3;4-7,12,14,19H,8-11H2,1-3H3;3H2,1-2H3/t16-;12-;/m11./s1. The third-order valence-corrected chi connectivity index (χ3v) is 12.2. The maximum Gasteiger partial charge on any atom is 0.340 e. The van der Waals surface area contributed by atoms with Gasteiger partial charge in [-0.15, -0.1) is 0 Å². The molecule has 3 aliphatic heterocycles. The van der Waals surface area contributed by atoms with Gasteiger partial charge in [0.05, 0.1) is 43.2 Å². The summed E-state index contributed by atoms with van der Waals surface area (Å²) in [6.07, 6.45) is 4.67. The highest BCUT2D eigenvalue weighted by Gasteiger charge is 2.33. The Morgan fingerprint density at radius 2 is 1.18 bits per heavy atom. The topological polar surface area (TPSA) is 99.5 Å². The summed E-state index contributed by atoms with van der Waals surface area (Å²) >= 11 is 0. The van der Waals surface area contributed by atoms with Gasteiger partial charge in [-0.2, -0.15) is 0 Å². The van der Waals surface area contributed by atoms with Gasteiger partial charge in [-0.05, 0) is 131 Å². The van der Waals surface area contributed by atoms with E-state index in [1.807, 2.05) is 50.2 Å².